The minimum Gasteiger partial charge on any atom is -0.481 e. The summed E-state index contributed by atoms with van der Waals surface area (Å²) in [6.45, 7) is 0.155. The first-order chi connectivity index (χ1) is 12.4. The smallest absolute Gasteiger partial charge is 0.407 e. The number of alkyl carbamates (subject to hydrolysis) is 1. The maximum absolute atomic E-state index is 12.1. The number of aliphatic carboxylic acids is 1. The second-order valence-corrected chi connectivity index (χ2v) is 7.05. The van der Waals surface area contributed by atoms with Gasteiger partial charge in [-0.25, -0.2) is 4.79 Å². The molecule has 0 saturated carbocycles. The van der Waals surface area contributed by atoms with Gasteiger partial charge >= 0.3 is 12.1 Å². The molecule has 26 heavy (non-hydrogen) atoms. The van der Waals surface area contributed by atoms with Gasteiger partial charge in [-0.3, -0.25) is 4.79 Å². The van der Waals surface area contributed by atoms with Crippen molar-refractivity contribution in [1.82, 2.24) is 5.32 Å². The Balaban J connectivity index is 1.95. The number of nitrogens with one attached hydrogen (secondary N) is 1. The van der Waals surface area contributed by atoms with Crippen molar-refractivity contribution in [3.63, 3.8) is 0 Å². The number of rotatable bonds is 8. The molecule has 2 aromatic rings. The topological polar surface area (TPSA) is 75.6 Å². The summed E-state index contributed by atoms with van der Waals surface area (Å²) in [6.07, 6.45) is 0.130. The average Bonchev–Trinajstić information content (AvgIpc) is 2.62. The summed E-state index contributed by atoms with van der Waals surface area (Å²) in [5, 5.41) is 12.2. The normalized spacial score (nSPS) is 11.6. The number of carbonyl (C=O) groups is 2. The lowest BCUT2D eigenvalue weighted by Crippen LogP contribution is -2.37. The van der Waals surface area contributed by atoms with E-state index in [2.05, 4.69) is 21.2 Å². The fourth-order valence-electron chi connectivity index (χ4n) is 2.41. The molecule has 7 heteroatoms. The van der Waals surface area contributed by atoms with Gasteiger partial charge in [-0.1, -0.05) is 48.0 Å². The number of carboxylic acid groups (broad SMARTS) is 1. The number of ether oxygens (including phenoxy) is 1. The van der Waals surface area contributed by atoms with E-state index < -0.39 is 12.1 Å². The first-order valence-electron chi connectivity index (χ1n) is 8.07. The Kier molecular flexibility index (Phi) is 7.94. The molecule has 0 aliphatic carbocycles. The zero-order chi connectivity index (χ0) is 18.9. The van der Waals surface area contributed by atoms with Gasteiger partial charge in [0.15, 0.2) is 0 Å². The van der Waals surface area contributed by atoms with Gasteiger partial charge in [0.1, 0.15) is 6.61 Å². The van der Waals surface area contributed by atoms with Crippen molar-refractivity contribution in [2.75, 3.05) is 0 Å². The number of carboxylic acids is 1. The number of benzene rings is 2. The largest absolute Gasteiger partial charge is 0.481 e. The molecule has 0 aliphatic rings. The quantitative estimate of drug-likeness (QED) is 0.618. The Labute approximate surface area is 165 Å². The minimum atomic E-state index is -0.914. The van der Waals surface area contributed by atoms with E-state index in [0.717, 1.165) is 15.6 Å². The molecule has 2 N–H and O–H groups in total. The molecular formula is C19H19BrClNO4. The first-order valence-corrected chi connectivity index (χ1v) is 9.24. The molecule has 0 spiro atoms. The lowest BCUT2D eigenvalue weighted by Gasteiger charge is -2.18. The van der Waals surface area contributed by atoms with E-state index in [1.54, 1.807) is 6.07 Å². The second kappa shape index (κ2) is 10.2. The molecule has 1 unspecified atom stereocenters. The van der Waals surface area contributed by atoms with Crippen molar-refractivity contribution in [1.29, 1.82) is 0 Å². The van der Waals surface area contributed by atoms with Crippen LogP contribution >= 0.6 is 27.5 Å². The summed E-state index contributed by atoms with van der Waals surface area (Å²) in [5.41, 5.74) is 1.78. The molecule has 2 aromatic carbocycles. The molecule has 0 bridgehead atoms. The summed E-state index contributed by atoms with van der Waals surface area (Å²) < 4.78 is 5.99. The van der Waals surface area contributed by atoms with Crippen LogP contribution < -0.4 is 5.32 Å². The zero-order valence-electron chi connectivity index (χ0n) is 14.0. The summed E-state index contributed by atoms with van der Waals surface area (Å²) in [4.78, 5) is 22.9. The second-order valence-electron chi connectivity index (χ2n) is 5.79. The predicted molar refractivity (Wildman–Crippen MR) is 103 cm³/mol. The van der Waals surface area contributed by atoms with E-state index in [1.165, 1.54) is 0 Å². The minimum absolute atomic E-state index is 0.0477. The molecule has 138 valence electrons. The van der Waals surface area contributed by atoms with Crippen LogP contribution in [-0.4, -0.2) is 23.2 Å². The van der Waals surface area contributed by atoms with E-state index in [-0.39, 0.29) is 19.1 Å². The SMILES string of the molecule is O=C(O)CCC(Cc1ccc(Br)c(Cl)c1)NC(=O)OCc1ccccc1. The highest BCUT2D eigenvalue weighted by molar-refractivity contribution is 9.10. The van der Waals surface area contributed by atoms with Gasteiger partial charge in [0.2, 0.25) is 0 Å². The Bertz CT molecular complexity index is 754. The highest BCUT2D eigenvalue weighted by Gasteiger charge is 2.16. The summed E-state index contributed by atoms with van der Waals surface area (Å²) >= 11 is 9.42. The Morgan fingerprint density at radius 3 is 2.54 bits per heavy atom. The number of hydrogen-bond acceptors (Lipinski definition) is 3. The highest BCUT2D eigenvalue weighted by Crippen LogP contribution is 2.24. The van der Waals surface area contributed by atoms with Gasteiger partial charge in [-0.15, -0.1) is 0 Å². The number of carbonyl (C=O) groups excluding carboxylic acids is 1. The first kappa shape index (κ1) is 20.3. The fourth-order valence-corrected chi connectivity index (χ4v) is 2.86. The maximum atomic E-state index is 12.1. The molecular weight excluding hydrogens is 422 g/mol. The van der Waals surface area contributed by atoms with E-state index >= 15 is 0 Å². The van der Waals surface area contributed by atoms with Crippen LogP contribution in [-0.2, 0) is 22.6 Å². The maximum Gasteiger partial charge on any atom is 0.407 e. The number of halogens is 2. The number of amides is 1. The van der Waals surface area contributed by atoms with Crippen molar-refractivity contribution in [3.8, 4) is 0 Å². The van der Waals surface area contributed by atoms with Gasteiger partial charge in [-0.2, -0.15) is 0 Å². The Morgan fingerprint density at radius 2 is 1.88 bits per heavy atom. The molecule has 5 nitrogen and oxygen atoms in total. The summed E-state index contributed by atoms with van der Waals surface area (Å²) in [6, 6.07) is 14.4. The molecule has 0 saturated heterocycles. The van der Waals surface area contributed by atoms with Crippen molar-refractivity contribution in [3.05, 3.63) is 69.2 Å². The predicted octanol–water partition coefficient (Wildman–Crippen LogP) is 4.80. The van der Waals surface area contributed by atoms with Crippen LogP contribution in [0.2, 0.25) is 5.02 Å². The van der Waals surface area contributed by atoms with Crippen molar-refractivity contribution in [2.24, 2.45) is 0 Å². The van der Waals surface area contributed by atoms with Crippen molar-refractivity contribution < 1.29 is 19.4 Å². The lowest BCUT2D eigenvalue weighted by atomic mass is 10.0. The monoisotopic (exact) mass is 439 g/mol. The van der Waals surface area contributed by atoms with Crippen LogP contribution in [0.25, 0.3) is 0 Å². The highest BCUT2D eigenvalue weighted by atomic mass is 79.9. The Morgan fingerprint density at radius 1 is 1.15 bits per heavy atom. The van der Waals surface area contributed by atoms with E-state index in [0.29, 0.717) is 17.9 Å². The third-order valence-electron chi connectivity index (χ3n) is 3.71. The molecule has 0 aromatic heterocycles. The summed E-state index contributed by atoms with van der Waals surface area (Å²) in [7, 11) is 0. The molecule has 1 amide bonds. The number of hydrogen-bond donors (Lipinski definition) is 2. The van der Waals surface area contributed by atoms with Gasteiger partial charge in [-0.05, 0) is 52.0 Å². The molecule has 0 heterocycles. The fraction of sp³-hybridized carbons (Fsp3) is 0.263. The van der Waals surface area contributed by atoms with Crippen LogP contribution in [0.4, 0.5) is 4.79 Å². The van der Waals surface area contributed by atoms with Crippen LogP contribution in [0.5, 0.6) is 0 Å². The van der Waals surface area contributed by atoms with Crippen LogP contribution in [0.15, 0.2) is 53.0 Å². The lowest BCUT2D eigenvalue weighted by molar-refractivity contribution is -0.137. The van der Waals surface area contributed by atoms with E-state index in [4.69, 9.17) is 21.4 Å². The molecule has 2 rings (SSSR count). The van der Waals surface area contributed by atoms with Gasteiger partial charge in [0.05, 0.1) is 5.02 Å². The Hall–Kier alpha value is -2.05. The van der Waals surface area contributed by atoms with Crippen molar-refractivity contribution >= 4 is 39.6 Å². The van der Waals surface area contributed by atoms with Gasteiger partial charge in [0.25, 0.3) is 0 Å². The van der Waals surface area contributed by atoms with Crippen LogP contribution in [0.1, 0.15) is 24.0 Å². The van der Waals surface area contributed by atoms with Crippen LogP contribution in [0.3, 0.4) is 0 Å². The van der Waals surface area contributed by atoms with Gasteiger partial charge in [0, 0.05) is 16.9 Å². The van der Waals surface area contributed by atoms with E-state index in [1.807, 2.05) is 42.5 Å². The van der Waals surface area contributed by atoms with E-state index in [9.17, 15) is 9.59 Å². The molecule has 0 fully saturated rings. The average molecular weight is 441 g/mol. The standard InChI is InChI=1S/C19H19BrClNO4/c20-16-8-6-14(11-17(16)21)10-15(7-9-18(23)24)22-19(25)26-12-13-4-2-1-3-5-13/h1-6,8,11,15H,7,9-10,12H2,(H,22,25)(H,23,24). The van der Waals surface area contributed by atoms with Crippen molar-refractivity contribution in [2.45, 2.75) is 31.9 Å². The molecule has 0 radical (unpaired) electrons. The molecule has 1 atom stereocenters. The zero-order valence-corrected chi connectivity index (χ0v) is 16.3. The molecule has 0 aliphatic heterocycles. The van der Waals surface area contributed by atoms with Gasteiger partial charge < -0.3 is 15.2 Å². The third kappa shape index (κ3) is 7.06. The van der Waals surface area contributed by atoms with Crippen LogP contribution in [0, 0.1) is 0 Å². The summed E-state index contributed by atoms with van der Waals surface area (Å²) in [5.74, 6) is -0.914. The third-order valence-corrected chi connectivity index (χ3v) is 4.94.